The van der Waals surface area contributed by atoms with Gasteiger partial charge in [0.2, 0.25) is 0 Å². The molecule has 1 spiro atoms. The number of nitrogens with zero attached hydrogens (tertiary/aromatic N) is 2. The van der Waals surface area contributed by atoms with E-state index in [0.717, 1.165) is 64.3 Å². The van der Waals surface area contributed by atoms with Crippen LogP contribution in [-0.2, 0) is 11.3 Å². The summed E-state index contributed by atoms with van der Waals surface area (Å²) in [4.78, 5) is 18.5. The number of benzene rings is 1. The molecule has 0 unspecified atom stereocenters. The number of anilines is 1. The lowest BCUT2D eigenvalue weighted by molar-refractivity contribution is -0.117. The highest BCUT2D eigenvalue weighted by Crippen LogP contribution is 2.31. The van der Waals surface area contributed by atoms with Crippen molar-refractivity contribution < 1.29 is 9.53 Å². The molecule has 2 aliphatic heterocycles. The minimum Gasteiger partial charge on any atom is -0.372 e. The fourth-order valence-corrected chi connectivity index (χ4v) is 4.82. The Morgan fingerprint density at radius 3 is 2.81 bits per heavy atom. The molecule has 1 N–H and O–H groups in total. The maximum Gasteiger partial charge on any atom is 0.321 e. The molecule has 5 nitrogen and oxygen atoms in total. The van der Waals surface area contributed by atoms with Crippen LogP contribution in [0.25, 0.3) is 0 Å². The number of morpholine rings is 1. The number of nitrogens with one attached hydrogen (secondary N) is 1. The first-order valence-corrected chi connectivity index (χ1v) is 10.6. The zero-order valence-corrected chi connectivity index (χ0v) is 16.4. The summed E-state index contributed by atoms with van der Waals surface area (Å²) in [5.74, 6) is 0. The largest absolute Gasteiger partial charge is 0.372 e. The minimum atomic E-state index is -0.114. The predicted octanol–water partition coefficient (Wildman–Crippen LogP) is 4.04. The van der Waals surface area contributed by atoms with Gasteiger partial charge in [0.1, 0.15) is 0 Å². The lowest BCUT2D eigenvalue weighted by Crippen LogP contribution is -2.52. The Hall–Kier alpha value is -1.89. The molecule has 6 heteroatoms. The fourth-order valence-electron chi connectivity index (χ4n) is 4.08. The van der Waals surface area contributed by atoms with Crippen LogP contribution in [0.2, 0.25) is 0 Å². The summed E-state index contributed by atoms with van der Waals surface area (Å²) in [5.41, 5.74) is 0.731. The second-order valence-electron chi connectivity index (χ2n) is 7.46. The Morgan fingerprint density at radius 2 is 2.00 bits per heavy atom. The van der Waals surface area contributed by atoms with Crippen molar-refractivity contribution >= 4 is 23.1 Å². The summed E-state index contributed by atoms with van der Waals surface area (Å²) in [6.07, 6.45) is 2.90. The summed E-state index contributed by atoms with van der Waals surface area (Å²) in [5, 5.41) is 5.15. The van der Waals surface area contributed by atoms with Gasteiger partial charge in [0.15, 0.2) is 0 Å². The number of hydrogen-bond acceptors (Lipinski definition) is 4. The molecule has 2 aliphatic rings. The van der Waals surface area contributed by atoms with Crippen LogP contribution in [0.1, 0.15) is 24.1 Å². The molecule has 1 aromatic heterocycles. The van der Waals surface area contributed by atoms with E-state index in [2.05, 4.69) is 27.7 Å². The maximum absolute atomic E-state index is 12.6. The smallest absolute Gasteiger partial charge is 0.321 e. The van der Waals surface area contributed by atoms with Crippen LogP contribution in [0, 0.1) is 0 Å². The molecular formula is C21H27N3O2S. The van der Waals surface area contributed by atoms with Gasteiger partial charge in [-0.05, 0) is 42.8 Å². The highest BCUT2D eigenvalue weighted by Gasteiger charge is 2.38. The molecule has 2 saturated heterocycles. The van der Waals surface area contributed by atoms with E-state index in [-0.39, 0.29) is 11.6 Å². The van der Waals surface area contributed by atoms with Crippen molar-refractivity contribution in [3.63, 3.8) is 0 Å². The average Bonchev–Trinajstić information content (AvgIpc) is 3.10. The van der Waals surface area contributed by atoms with Crippen molar-refractivity contribution in [2.24, 2.45) is 0 Å². The van der Waals surface area contributed by atoms with Gasteiger partial charge >= 0.3 is 6.03 Å². The van der Waals surface area contributed by atoms with Gasteiger partial charge in [-0.2, -0.15) is 0 Å². The number of urea groups is 1. The first-order valence-electron chi connectivity index (χ1n) is 9.72. The molecule has 3 heterocycles. The zero-order chi connectivity index (χ0) is 18.5. The molecule has 27 heavy (non-hydrogen) atoms. The number of amides is 2. The quantitative estimate of drug-likeness (QED) is 0.867. The van der Waals surface area contributed by atoms with Crippen LogP contribution in [-0.4, -0.2) is 54.2 Å². The normalized spacial score (nSPS) is 23.9. The summed E-state index contributed by atoms with van der Waals surface area (Å²) in [7, 11) is 0. The molecule has 0 radical (unpaired) electrons. The van der Waals surface area contributed by atoms with E-state index in [0.29, 0.717) is 0 Å². The van der Waals surface area contributed by atoms with Crippen molar-refractivity contribution in [2.45, 2.75) is 31.4 Å². The van der Waals surface area contributed by atoms with Gasteiger partial charge in [-0.1, -0.05) is 24.3 Å². The Morgan fingerprint density at radius 1 is 1.11 bits per heavy atom. The van der Waals surface area contributed by atoms with Gasteiger partial charge in [-0.15, -0.1) is 11.3 Å². The van der Waals surface area contributed by atoms with E-state index in [1.54, 1.807) is 0 Å². The SMILES string of the molecule is O=C(Nc1ccccc1)N1CCC[C@]2(CC1)CN(Cc1cccs1)CCO2. The van der Waals surface area contributed by atoms with Crippen molar-refractivity contribution in [1.29, 1.82) is 0 Å². The van der Waals surface area contributed by atoms with Gasteiger partial charge in [0.25, 0.3) is 0 Å². The number of ether oxygens (including phenoxy) is 1. The molecule has 0 bridgehead atoms. The zero-order valence-electron chi connectivity index (χ0n) is 15.6. The summed E-state index contributed by atoms with van der Waals surface area (Å²) in [6.45, 7) is 5.25. The second kappa shape index (κ2) is 8.42. The number of hydrogen-bond donors (Lipinski definition) is 1. The van der Waals surface area contributed by atoms with E-state index >= 15 is 0 Å². The topological polar surface area (TPSA) is 44.8 Å². The molecule has 4 rings (SSSR count). The highest BCUT2D eigenvalue weighted by molar-refractivity contribution is 7.09. The van der Waals surface area contributed by atoms with Crippen LogP contribution in [0.5, 0.6) is 0 Å². The molecule has 0 saturated carbocycles. The van der Waals surface area contributed by atoms with Gasteiger partial charge in [0.05, 0.1) is 12.2 Å². The first kappa shape index (κ1) is 18.5. The van der Waals surface area contributed by atoms with Crippen molar-refractivity contribution in [1.82, 2.24) is 9.80 Å². The number of rotatable bonds is 3. The first-order chi connectivity index (χ1) is 13.2. The lowest BCUT2D eigenvalue weighted by atomic mass is 9.92. The van der Waals surface area contributed by atoms with Gasteiger partial charge < -0.3 is 15.0 Å². The highest BCUT2D eigenvalue weighted by atomic mass is 32.1. The maximum atomic E-state index is 12.6. The van der Waals surface area contributed by atoms with Crippen molar-refractivity contribution in [3.05, 3.63) is 52.7 Å². The van der Waals surface area contributed by atoms with Crippen LogP contribution >= 0.6 is 11.3 Å². The number of likely N-dealkylation sites (tertiary alicyclic amines) is 1. The molecule has 1 aromatic carbocycles. The number of carbonyl (C=O) groups is 1. The second-order valence-corrected chi connectivity index (χ2v) is 8.49. The van der Waals surface area contributed by atoms with Gasteiger partial charge in [0, 0.05) is 43.3 Å². The number of para-hydroxylation sites is 1. The Kier molecular flexibility index (Phi) is 5.76. The molecule has 2 amide bonds. The third-order valence-corrected chi connectivity index (χ3v) is 6.36. The van der Waals surface area contributed by atoms with Crippen molar-refractivity contribution in [3.8, 4) is 0 Å². The van der Waals surface area contributed by atoms with Crippen LogP contribution in [0.3, 0.4) is 0 Å². The van der Waals surface area contributed by atoms with E-state index in [1.807, 2.05) is 46.6 Å². The molecular weight excluding hydrogens is 358 g/mol. The average molecular weight is 386 g/mol. The monoisotopic (exact) mass is 385 g/mol. The van der Waals surface area contributed by atoms with Crippen molar-refractivity contribution in [2.75, 3.05) is 38.1 Å². The van der Waals surface area contributed by atoms with Gasteiger partial charge in [-0.25, -0.2) is 4.79 Å². The molecule has 0 aliphatic carbocycles. The molecule has 2 fully saturated rings. The standard InChI is InChI=1S/C21H27N3O2S/c25-20(22-18-6-2-1-3-7-18)24-11-5-9-21(10-12-24)17-23(13-14-26-21)16-19-8-4-15-27-19/h1-4,6-8,15H,5,9-14,16-17H2,(H,22,25)/t21-/m0/s1. The molecule has 1 atom stereocenters. The Labute approximate surface area is 164 Å². The summed E-state index contributed by atoms with van der Waals surface area (Å²) >= 11 is 1.82. The van der Waals surface area contributed by atoms with E-state index < -0.39 is 0 Å². The molecule has 144 valence electrons. The summed E-state index contributed by atoms with van der Waals surface area (Å²) in [6, 6.07) is 14.0. The number of thiophene rings is 1. The fraction of sp³-hybridized carbons (Fsp3) is 0.476. The Bertz CT molecular complexity index is 737. The van der Waals surface area contributed by atoms with Crippen LogP contribution in [0.4, 0.5) is 10.5 Å². The van der Waals surface area contributed by atoms with E-state index in [1.165, 1.54) is 4.88 Å². The Balaban J connectivity index is 1.35. The predicted molar refractivity (Wildman–Crippen MR) is 109 cm³/mol. The van der Waals surface area contributed by atoms with Gasteiger partial charge in [-0.3, -0.25) is 4.90 Å². The van der Waals surface area contributed by atoms with Crippen LogP contribution in [0.15, 0.2) is 47.8 Å². The van der Waals surface area contributed by atoms with E-state index in [9.17, 15) is 4.79 Å². The molecule has 2 aromatic rings. The summed E-state index contributed by atoms with van der Waals surface area (Å²) < 4.78 is 6.29. The lowest BCUT2D eigenvalue weighted by Gasteiger charge is -2.42. The van der Waals surface area contributed by atoms with Crippen LogP contribution < -0.4 is 5.32 Å². The minimum absolute atomic E-state index is 0.00972. The number of carbonyl (C=O) groups excluding carboxylic acids is 1. The van der Waals surface area contributed by atoms with E-state index in [4.69, 9.17) is 4.74 Å². The third-order valence-electron chi connectivity index (χ3n) is 5.50. The third kappa shape index (κ3) is 4.69.